The molecule has 1 aliphatic carbocycles. The van der Waals surface area contributed by atoms with E-state index < -0.39 is 11.9 Å². The zero-order valence-corrected chi connectivity index (χ0v) is 19.2. The summed E-state index contributed by atoms with van der Waals surface area (Å²) in [5, 5.41) is 20.8. The van der Waals surface area contributed by atoms with Gasteiger partial charge in [-0.1, -0.05) is 35.5 Å². The molecule has 8 heteroatoms. The Bertz CT molecular complexity index is 1260. The molecular formula is C27H27FN2O5. The summed E-state index contributed by atoms with van der Waals surface area (Å²) in [4.78, 5) is 21.7. The summed E-state index contributed by atoms with van der Waals surface area (Å²) in [6.45, 7) is 3.34. The van der Waals surface area contributed by atoms with Gasteiger partial charge in [0.05, 0.1) is 5.69 Å². The first-order valence-corrected chi connectivity index (χ1v) is 11.6. The monoisotopic (exact) mass is 478 g/mol. The SMILES string of the molecule is Fc1ccc2c(C3CCN(CCCC4=Cc5ccccc54)CC3)noc2c1.O=C(O)C=CC(=O)O. The lowest BCUT2D eigenvalue weighted by Crippen LogP contribution is -2.33. The molecule has 182 valence electrons. The Balaban J connectivity index is 0.000000314. The number of halogens is 1. The van der Waals surface area contributed by atoms with Crippen LogP contribution >= 0.6 is 0 Å². The van der Waals surface area contributed by atoms with E-state index in [4.69, 9.17) is 14.7 Å². The quantitative estimate of drug-likeness (QED) is 0.450. The number of carboxylic acids is 2. The van der Waals surface area contributed by atoms with Crippen molar-refractivity contribution in [3.63, 3.8) is 0 Å². The molecule has 7 nitrogen and oxygen atoms in total. The van der Waals surface area contributed by atoms with Gasteiger partial charge >= 0.3 is 11.9 Å². The van der Waals surface area contributed by atoms with Gasteiger partial charge < -0.3 is 19.6 Å². The van der Waals surface area contributed by atoms with Gasteiger partial charge in [0, 0.05) is 29.5 Å². The molecule has 5 rings (SSSR count). The van der Waals surface area contributed by atoms with Crippen LogP contribution in [0, 0.1) is 5.82 Å². The van der Waals surface area contributed by atoms with Crippen molar-refractivity contribution >= 4 is 34.6 Å². The summed E-state index contributed by atoms with van der Waals surface area (Å²) in [5.74, 6) is -2.38. The maximum absolute atomic E-state index is 13.3. The number of aromatic nitrogens is 1. The van der Waals surface area contributed by atoms with Crippen LogP contribution in [0.15, 0.2) is 59.1 Å². The zero-order valence-electron chi connectivity index (χ0n) is 19.2. The summed E-state index contributed by atoms with van der Waals surface area (Å²) in [7, 11) is 0. The third-order valence-corrected chi connectivity index (χ3v) is 6.36. The maximum atomic E-state index is 13.3. The number of nitrogens with zero attached hydrogens (tertiary/aromatic N) is 2. The zero-order chi connectivity index (χ0) is 24.8. The van der Waals surface area contributed by atoms with E-state index in [1.54, 1.807) is 6.07 Å². The lowest BCUT2D eigenvalue weighted by Gasteiger charge is -2.31. The normalized spacial score (nSPS) is 15.7. The van der Waals surface area contributed by atoms with Crippen molar-refractivity contribution in [1.29, 1.82) is 0 Å². The highest BCUT2D eigenvalue weighted by Gasteiger charge is 2.25. The molecule has 0 unspecified atom stereocenters. The van der Waals surface area contributed by atoms with E-state index in [0.717, 1.165) is 50.0 Å². The smallest absolute Gasteiger partial charge is 0.328 e. The van der Waals surface area contributed by atoms with E-state index in [1.165, 1.54) is 35.3 Å². The maximum Gasteiger partial charge on any atom is 0.328 e. The second-order valence-corrected chi connectivity index (χ2v) is 8.69. The summed E-state index contributed by atoms with van der Waals surface area (Å²) in [6, 6.07) is 13.4. The van der Waals surface area contributed by atoms with Crippen molar-refractivity contribution < 1.29 is 28.7 Å². The van der Waals surface area contributed by atoms with Crippen molar-refractivity contribution in [1.82, 2.24) is 10.1 Å². The number of aliphatic carboxylic acids is 2. The molecule has 1 aromatic heterocycles. The van der Waals surface area contributed by atoms with Crippen LogP contribution in [-0.4, -0.2) is 51.8 Å². The fourth-order valence-corrected chi connectivity index (χ4v) is 4.60. The molecule has 0 spiro atoms. The van der Waals surface area contributed by atoms with E-state index >= 15 is 0 Å². The number of benzene rings is 2. The first-order chi connectivity index (χ1) is 16.9. The second-order valence-electron chi connectivity index (χ2n) is 8.69. The molecule has 0 atom stereocenters. The van der Waals surface area contributed by atoms with Crippen LogP contribution in [0.3, 0.4) is 0 Å². The average Bonchev–Trinajstić information content (AvgIpc) is 3.24. The number of rotatable bonds is 7. The molecule has 1 fully saturated rings. The lowest BCUT2D eigenvalue weighted by atomic mass is 9.86. The van der Waals surface area contributed by atoms with Crippen molar-refractivity contribution in [3.8, 4) is 0 Å². The Morgan fingerprint density at radius 1 is 1.09 bits per heavy atom. The van der Waals surface area contributed by atoms with Crippen LogP contribution in [0.5, 0.6) is 0 Å². The van der Waals surface area contributed by atoms with Crippen molar-refractivity contribution in [3.05, 3.63) is 77.3 Å². The fraction of sp³-hybridized carbons (Fsp3) is 0.296. The van der Waals surface area contributed by atoms with Gasteiger partial charge in [0.15, 0.2) is 5.58 Å². The topological polar surface area (TPSA) is 104 Å². The summed E-state index contributed by atoms with van der Waals surface area (Å²) < 4.78 is 18.7. The van der Waals surface area contributed by atoms with Crippen LogP contribution in [-0.2, 0) is 9.59 Å². The molecule has 0 radical (unpaired) electrons. The van der Waals surface area contributed by atoms with Crippen molar-refractivity contribution in [2.45, 2.75) is 31.6 Å². The number of likely N-dealkylation sites (tertiary alicyclic amines) is 1. The van der Waals surface area contributed by atoms with Crippen LogP contribution in [0.2, 0.25) is 0 Å². The fourth-order valence-electron chi connectivity index (χ4n) is 4.60. The molecule has 3 aromatic rings. The Morgan fingerprint density at radius 2 is 1.80 bits per heavy atom. The van der Waals surface area contributed by atoms with E-state index in [2.05, 4.69) is 40.4 Å². The molecule has 0 amide bonds. The van der Waals surface area contributed by atoms with Gasteiger partial charge in [-0.15, -0.1) is 0 Å². The molecule has 2 aromatic carbocycles. The molecule has 0 bridgehead atoms. The Kier molecular flexibility index (Phi) is 7.72. The number of carbonyl (C=O) groups is 2. The van der Waals surface area contributed by atoms with Gasteiger partial charge in [-0.25, -0.2) is 14.0 Å². The Hall–Kier alpha value is -3.78. The summed E-state index contributed by atoms with van der Waals surface area (Å²) >= 11 is 0. The molecule has 1 aliphatic heterocycles. The minimum absolute atomic E-state index is 0.274. The highest BCUT2D eigenvalue weighted by molar-refractivity contribution is 5.95. The van der Waals surface area contributed by atoms with Crippen molar-refractivity contribution in [2.75, 3.05) is 19.6 Å². The number of hydrogen-bond donors (Lipinski definition) is 2. The van der Waals surface area contributed by atoms with E-state index in [0.29, 0.717) is 23.7 Å². The Labute approximate surface area is 202 Å². The van der Waals surface area contributed by atoms with Crippen LogP contribution in [0.25, 0.3) is 22.6 Å². The molecule has 1 saturated heterocycles. The first-order valence-electron chi connectivity index (χ1n) is 11.6. The standard InChI is InChI=1S/C23H23FN2O.C4H4O4/c24-19-7-8-21-22(15-19)27-25-23(21)16-9-12-26(13-10-16)11-3-5-18-14-17-4-1-2-6-20(17)18;5-3(6)1-2-4(7)8/h1-2,4,6-8,14-16H,3,5,9-13H2;1-2H,(H,5,6)(H,7,8). The predicted molar refractivity (Wildman–Crippen MR) is 130 cm³/mol. The average molecular weight is 479 g/mol. The number of hydrogen-bond acceptors (Lipinski definition) is 5. The Morgan fingerprint density at radius 3 is 2.49 bits per heavy atom. The van der Waals surface area contributed by atoms with E-state index in [1.807, 2.05) is 0 Å². The number of fused-ring (bicyclic) bond motifs is 2. The largest absolute Gasteiger partial charge is 0.478 e. The van der Waals surface area contributed by atoms with E-state index in [9.17, 15) is 14.0 Å². The molecular weight excluding hydrogens is 451 g/mol. The highest BCUT2D eigenvalue weighted by atomic mass is 19.1. The molecule has 35 heavy (non-hydrogen) atoms. The molecule has 2 N–H and O–H groups in total. The van der Waals surface area contributed by atoms with Gasteiger partial charge in [0.25, 0.3) is 0 Å². The van der Waals surface area contributed by atoms with Gasteiger partial charge in [-0.2, -0.15) is 0 Å². The summed E-state index contributed by atoms with van der Waals surface area (Å²) in [5.41, 5.74) is 5.88. The molecule has 2 heterocycles. The van der Waals surface area contributed by atoms with Gasteiger partial charge in [0.2, 0.25) is 0 Å². The van der Waals surface area contributed by atoms with Crippen LogP contribution in [0.4, 0.5) is 4.39 Å². The highest BCUT2D eigenvalue weighted by Crippen LogP contribution is 2.36. The summed E-state index contributed by atoms with van der Waals surface area (Å²) in [6.07, 6.45) is 7.98. The number of carboxylic acid groups (broad SMARTS) is 2. The lowest BCUT2D eigenvalue weighted by molar-refractivity contribution is -0.134. The predicted octanol–water partition coefficient (Wildman–Crippen LogP) is 5.19. The first kappa shape index (κ1) is 24.3. The van der Waals surface area contributed by atoms with Crippen LogP contribution in [0.1, 0.15) is 48.4 Å². The number of allylic oxidation sites excluding steroid dienone is 1. The van der Waals surface area contributed by atoms with Crippen LogP contribution < -0.4 is 0 Å². The minimum atomic E-state index is -1.26. The van der Waals surface area contributed by atoms with Gasteiger partial charge in [-0.3, -0.25) is 0 Å². The third-order valence-electron chi connectivity index (χ3n) is 6.36. The van der Waals surface area contributed by atoms with Crippen molar-refractivity contribution in [2.24, 2.45) is 0 Å². The molecule has 0 saturated carbocycles. The van der Waals surface area contributed by atoms with E-state index in [-0.39, 0.29) is 5.82 Å². The van der Waals surface area contributed by atoms with Gasteiger partial charge in [-0.05, 0) is 74.2 Å². The molecule has 2 aliphatic rings. The minimum Gasteiger partial charge on any atom is -0.478 e. The number of piperidine rings is 1. The second kappa shape index (κ2) is 11.1. The van der Waals surface area contributed by atoms with Gasteiger partial charge in [0.1, 0.15) is 5.82 Å². The third kappa shape index (κ3) is 6.22.